The van der Waals surface area contributed by atoms with Gasteiger partial charge in [-0.15, -0.1) is 0 Å². The molecule has 2 aromatic rings. The van der Waals surface area contributed by atoms with Crippen molar-refractivity contribution in [3.63, 3.8) is 0 Å². The number of hydrogen-bond acceptors (Lipinski definition) is 5. The van der Waals surface area contributed by atoms with E-state index < -0.39 is 0 Å². The summed E-state index contributed by atoms with van der Waals surface area (Å²) in [5, 5.41) is 0. The molecule has 0 saturated carbocycles. The van der Waals surface area contributed by atoms with E-state index in [1.807, 2.05) is 0 Å². The minimum Gasteiger partial charge on any atom is -0.378 e. The van der Waals surface area contributed by atoms with Crippen molar-refractivity contribution in [3.05, 3.63) is 58.7 Å². The maximum atomic E-state index is 5.59. The van der Waals surface area contributed by atoms with Gasteiger partial charge in [-0.3, -0.25) is 4.90 Å². The molecule has 2 aromatic carbocycles. The maximum Gasteiger partial charge on any atom is 0.0642 e. The number of anilines is 2. The first-order chi connectivity index (χ1) is 15.2. The fraction of sp³-hybridized carbons (Fsp3) is 0.538. The van der Waals surface area contributed by atoms with Crippen LogP contribution in [0.25, 0.3) is 0 Å². The molecular formula is C26H33N3O2. The number of morpholine rings is 2. The highest BCUT2D eigenvalue weighted by Crippen LogP contribution is 2.50. The molecule has 4 aliphatic heterocycles. The van der Waals surface area contributed by atoms with Gasteiger partial charge in [-0.25, -0.2) is 0 Å². The minimum absolute atomic E-state index is 0.413. The Kier molecular flexibility index (Phi) is 4.93. The van der Waals surface area contributed by atoms with Crippen LogP contribution in [0.2, 0.25) is 0 Å². The molecule has 1 aliphatic carbocycles. The zero-order valence-corrected chi connectivity index (χ0v) is 18.7. The SMILES string of the molecule is C[C@@H]1[C@H]2c3cc(N4CCOCC4)ccc3C[C@H](c3ccc(N4CCOCC4)cc32)N1C. The molecule has 31 heavy (non-hydrogen) atoms. The Hall–Kier alpha value is -2.08. The molecule has 0 radical (unpaired) electrons. The monoisotopic (exact) mass is 419 g/mol. The molecule has 0 spiro atoms. The summed E-state index contributed by atoms with van der Waals surface area (Å²) in [6.45, 7) is 9.67. The highest BCUT2D eigenvalue weighted by Gasteiger charge is 2.42. The quantitative estimate of drug-likeness (QED) is 0.744. The van der Waals surface area contributed by atoms with Crippen molar-refractivity contribution in [2.24, 2.45) is 0 Å². The molecular weight excluding hydrogens is 386 g/mol. The van der Waals surface area contributed by atoms with Crippen molar-refractivity contribution >= 4 is 11.4 Å². The number of fused-ring (bicyclic) bond motifs is 1. The number of rotatable bonds is 2. The molecule has 5 nitrogen and oxygen atoms in total. The number of hydrogen-bond donors (Lipinski definition) is 0. The normalized spacial score (nSPS) is 28.3. The Morgan fingerprint density at radius 1 is 0.742 bits per heavy atom. The highest BCUT2D eigenvalue weighted by molar-refractivity contribution is 5.61. The van der Waals surface area contributed by atoms with Crippen LogP contribution in [0, 0.1) is 0 Å². The van der Waals surface area contributed by atoms with E-state index in [-0.39, 0.29) is 0 Å². The lowest BCUT2D eigenvalue weighted by atomic mass is 9.79. The van der Waals surface area contributed by atoms with E-state index in [0.717, 1.165) is 59.0 Å². The first kappa shape index (κ1) is 19.6. The average Bonchev–Trinajstić information content (AvgIpc) is 3.04. The second-order valence-corrected chi connectivity index (χ2v) is 9.50. The summed E-state index contributed by atoms with van der Waals surface area (Å²) in [4.78, 5) is 7.58. The molecule has 5 aliphatic rings. The minimum atomic E-state index is 0.413. The molecule has 5 heteroatoms. The Balaban J connectivity index is 1.44. The number of ether oxygens (including phenoxy) is 2. The highest BCUT2D eigenvalue weighted by atomic mass is 16.5. The largest absolute Gasteiger partial charge is 0.378 e. The van der Waals surface area contributed by atoms with Crippen molar-refractivity contribution in [1.29, 1.82) is 0 Å². The Morgan fingerprint density at radius 2 is 1.32 bits per heavy atom. The van der Waals surface area contributed by atoms with Crippen LogP contribution in [0.4, 0.5) is 11.4 Å². The third-order valence-corrected chi connectivity index (χ3v) is 8.01. The number of nitrogens with zero attached hydrogens (tertiary/aromatic N) is 3. The Bertz CT molecular complexity index is 965. The molecule has 4 heterocycles. The summed E-state index contributed by atoms with van der Waals surface area (Å²) in [6.07, 6.45) is 1.10. The predicted molar refractivity (Wildman–Crippen MR) is 124 cm³/mol. The van der Waals surface area contributed by atoms with Crippen molar-refractivity contribution in [3.8, 4) is 0 Å². The summed E-state index contributed by atoms with van der Waals surface area (Å²) >= 11 is 0. The van der Waals surface area contributed by atoms with Crippen LogP contribution in [0.1, 0.15) is 41.1 Å². The van der Waals surface area contributed by atoms with Crippen LogP contribution in [-0.4, -0.2) is 70.6 Å². The van der Waals surface area contributed by atoms with Gasteiger partial charge in [0.1, 0.15) is 0 Å². The van der Waals surface area contributed by atoms with Crippen LogP contribution in [0.3, 0.4) is 0 Å². The first-order valence-electron chi connectivity index (χ1n) is 11.8. The van der Waals surface area contributed by atoms with Crippen molar-refractivity contribution in [1.82, 2.24) is 4.90 Å². The molecule has 2 bridgehead atoms. The summed E-state index contributed by atoms with van der Waals surface area (Å²) in [6, 6.07) is 15.4. The fourth-order valence-corrected chi connectivity index (χ4v) is 6.12. The van der Waals surface area contributed by atoms with E-state index in [4.69, 9.17) is 9.47 Å². The lowest BCUT2D eigenvalue weighted by Crippen LogP contribution is -2.42. The van der Waals surface area contributed by atoms with Crippen LogP contribution in [-0.2, 0) is 15.9 Å². The molecule has 2 fully saturated rings. The van der Waals surface area contributed by atoms with Gasteiger partial charge in [0.25, 0.3) is 0 Å². The van der Waals surface area contributed by atoms with Gasteiger partial charge in [0.2, 0.25) is 0 Å². The third kappa shape index (κ3) is 3.25. The zero-order valence-electron chi connectivity index (χ0n) is 18.7. The number of likely N-dealkylation sites (N-methyl/N-ethyl adjacent to an activating group) is 1. The van der Waals surface area contributed by atoms with Crippen LogP contribution in [0.15, 0.2) is 36.4 Å². The Morgan fingerprint density at radius 3 is 1.97 bits per heavy atom. The molecule has 3 atom stereocenters. The first-order valence-corrected chi connectivity index (χ1v) is 11.8. The third-order valence-electron chi connectivity index (χ3n) is 8.01. The second kappa shape index (κ2) is 7.80. The van der Waals surface area contributed by atoms with E-state index in [0.29, 0.717) is 18.0 Å². The summed E-state index contributed by atoms with van der Waals surface area (Å²) in [7, 11) is 2.32. The average molecular weight is 420 g/mol. The Labute approximate surface area is 185 Å². The van der Waals surface area contributed by atoms with Gasteiger partial charge in [0.15, 0.2) is 0 Å². The van der Waals surface area contributed by atoms with E-state index >= 15 is 0 Å². The summed E-state index contributed by atoms with van der Waals surface area (Å²) in [5.74, 6) is 0.413. The van der Waals surface area contributed by atoms with Crippen LogP contribution in [0.5, 0.6) is 0 Å². The van der Waals surface area contributed by atoms with E-state index in [1.54, 1.807) is 0 Å². The van der Waals surface area contributed by atoms with Gasteiger partial charge in [0.05, 0.1) is 26.4 Å². The molecule has 2 saturated heterocycles. The topological polar surface area (TPSA) is 28.2 Å². The van der Waals surface area contributed by atoms with Crippen molar-refractivity contribution < 1.29 is 9.47 Å². The van der Waals surface area contributed by atoms with Gasteiger partial charge < -0.3 is 19.3 Å². The van der Waals surface area contributed by atoms with Gasteiger partial charge in [-0.1, -0.05) is 12.1 Å². The second-order valence-electron chi connectivity index (χ2n) is 9.50. The smallest absolute Gasteiger partial charge is 0.0642 e. The van der Waals surface area contributed by atoms with Gasteiger partial charge in [-0.05, 0) is 66.9 Å². The van der Waals surface area contributed by atoms with Gasteiger partial charge in [-0.2, -0.15) is 0 Å². The summed E-state index contributed by atoms with van der Waals surface area (Å²) in [5.41, 5.74) is 8.82. The zero-order chi connectivity index (χ0) is 20.9. The number of benzene rings is 2. The van der Waals surface area contributed by atoms with Gasteiger partial charge in [0, 0.05) is 55.6 Å². The summed E-state index contributed by atoms with van der Waals surface area (Å²) < 4.78 is 11.2. The molecule has 0 unspecified atom stereocenters. The fourth-order valence-electron chi connectivity index (χ4n) is 6.12. The standard InChI is InChI=1S/C26H33N3O2/c1-18-26-23-16-20(28-7-11-30-12-8-28)4-3-19(23)15-25(27(18)2)22-6-5-21(17-24(22)26)29-9-13-31-14-10-29/h3-6,16-18,25-26H,7-15H2,1-2H3/t18-,25-,26+/m1/s1. The molecule has 7 rings (SSSR count). The lowest BCUT2D eigenvalue weighted by molar-refractivity contribution is 0.122. The van der Waals surface area contributed by atoms with E-state index in [1.165, 1.54) is 33.6 Å². The predicted octanol–water partition coefficient (Wildman–Crippen LogP) is 3.42. The molecule has 164 valence electrons. The van der Waals surface area contributed by atoms with E-state index in [9.17, 15) is 0 Å². The molecule has 0 amide bonds. The van der Waals surface area contributed by atoms with Crippen molar-refractivity contribution in [2.75, 3.05) is 69.5 Å². The maximum absolute atomic E-state index is 5.59. The van der Waals surface area contributed by atoms with Crippen LogP contribution >= 0.6 is 0 Å². The molecule has 0 aromatic heterocycles. The van der Waals surface area contributed by atoms with Crippen LogP contribution < -0.4 is 9.80 Å². The van der Waals surface area contributed by atoms with Crippen molar-refractivity contribution in [2.45, 2.75) is 31.3 Å². The van der Waals surface area contributed by atoms with E-state index in [2.05, 4.69) is 65.1 Å². The van der Waals surface area contributed by atoms with Gasteiger partial charge >= 0.3 is 0 Å². The molecule has 0 N–H and O–H groups in total. The lowest BCUT2D eigenvalue weighted by Gasteiger charge is -2.42.